The monoisotopic (exact) mass is 295 g/mol. The number of nitrogens with zero attached hydrogens (tertiary/aromatic N) is 1. The second kappa shape index (κ2) is 5.49. The highest BCUT2D eigenvalue weighted by molar-refractivity contribution is 6.35. The fourth-order valence-electron chi connectivity index (χ4n) is 2.35. The zero-order chi connectivity index (χ0) is 15.7. The zero-order valence-corrected chi connectivity index (χ0v) is 12.2. The van der Waals surface area contributed by atoms with Gasteiger partial charge in [-0.25, -0.2) is 9.37 Å². The number of hydrogen-bond donors (Lipinski definition) is 2. The summed E-state index contributed by atoms with van der Waals surface area (Å²) in [4.78, 5) is 19.3. The number of aromatic nitrogens is 2. The first-order valence-electron chi connectivity index (χ1n) is 6.96. The first-order valence-corrected chi connectivity index (χ1v) is 6.96. The second-order valence-corrected chi connectivity index (χ2v) is 4.93. The molecule has 1 aliphatic rings. The number of rotatable bonds is 1. The summed E-state index contributed by atoms with van der Waals surface area (Å²) in [6.45, 7) is 3.75. The predicted molar refractivity (Wildman–Crippen MR) is 83.4 cm³/mol. The lowest BCUT2D eigenvalue weighted by Gasteiger charge is -2.04. The molecular formula is C17H14FN3O. The molecule has 0 atom stereocenters. The lowest BCUT2D eigenvalue weighted by Crippen LogP contribution is -2.03. The van der Waals surface area contributed by atoms with Gasteiger partial charge in [-0.05, 0) is 25.1 Å². The van der Waals surface area contributed by atoms with Crippen LogP contribution in [0, 0.1) is 24.6 Å². The highest BCUT2D eigenvalue weighted by atomic mass is 19.1. The van der Waals surface area contributed by atoms with E-state index in [1.165, 1.54) is 6.07 Å². The lowest BCUT2D eigenvalue weighted by molar-refractivity contribution is -0.110. The van der Waals surface area contributed by atoms with Crippen molar-refractivity contribution < 1.29 is 9.18 Å². The largest absolute Gasteiger partial charge is 0.348 e. The number of carbonyl (C=O) groups excluding carboxylic acids is 1. The van der Waals surface area contributed by atoms with Gasteiger partial charge in [-0.2, -0.15) is 0 Å². The molecule has 4 nitrogen and oxygen atoms in total. The third-order valence-corrected chi connectivity index (χ3v) is 3.46. The van der Waals surface area contributed by atoms with E-state index in [1.807, 2.05) is 13.8 Å². The number of halogens is 1. The van der Waals surface area contributed by atoms with Crippen molar-refractivity contribution >= 4 is 23.2 Å². The van der Waals surface area contributed by atoms with Crippen LogP contribution in [0.25, 0.3) is 11.6 Å². The number of benzene rings is 1. The summed E-state index contributed by atoms with van der Waals surface area (Å²) in [6, 6.07) is 2.87. The highest BCUT2D eigenvalue weighted by Crippen LogP contribution is 2.36. The van der Waals surface area contributed by atoms with E-state index in [-0.39, 0.29) is 11.5 Å². The number of fused-ring (bicyclic) bond motifs is 1. The smallest absolute Gasteiger partial charge is 0.256 e. The van der Waals surface area contributed by atoms with Crippen molar-refractivity contribution in [1.29, 1.82) is 0 Å². The van der Waals surface area contributed by atoms with Crippen LogP contribution >= 0.6 is 0 Å². The first-order chi connectivity index (χ1) is 10.6. The third-order valence-electron chi connectivity index (χ3n) is 3.46. The minimum absolute atomic E-state index is 0.247. The SMILES string of the molecule is CCC#Cc1c(F)ccc2c1/C(=C/c1nc[nH]c1C)C(=O)N2. The van der Waals surface area contributed by atoms with Crippen molar-refractivity contribution in [2.75, 3.05) is 5.32 Å². The van der Waals surface area contributed by atoms with Gasteiger partial charge in [0.15, 0.2) is 0 Å². The number of imidazole rings is 1. The molecule has 0 saturated carbocycles. The fraction of sp³-hybridized carbons (Fsp3) is 0.176. The normalized spacial score (nSPS) is 14.5. The van der Waals surface area contributed by atoms with Crippen LogP contribution in [0.5, 0.6) is 0 Å². The summed E-state index contributed by atoms with van der Waals surface area (Å²) >= 11 is 0. The number of anilines is 1. The molecule has 2 N–H and O–H groups in total. The molecular weight excluding hydrogens is 281 g/mol. The van der Waals surface area contributed by atoms with Crippen molar-refractivity contribution in [3.05, 3.63) is 46.8 Å². The van der Waals surface area contributed by atoms with Gasteiger partial charge < -0.3 is 10.3 Å². The van der Waals surface area contributed by atoms with Gasteiger partial charge in [0.2, 0.25) is 0 Å². The molecule has 110 valence electrons. The number of hydrogen-bond acceptors (Lipinski definition) is 2. The summed E-state index contributed by atoms with van der Waals surface area (Å²) in [6.07, 6.45) is 3.82. The van der Waals surface area contributed by atoms with Crippen LogP contribution in [0.4, 0.5) is 10.1 Å². The van der Waals surface area contributed by atoms with E-state index in [0.717, 1.165) is 5.69 Å². The van der Waals surface area contributed by atoms with Crippen molar-refractivity contribution in [2.24, 2.45) is 0 Å². The minimum Gasteiger partial charge on any atom is -0.348 e. The number of amides is 1. The van der Waals surface area contributed by atoms with Crippen molar-refractivity contribution in [3.8, 4) is 11.8 Å². The Kier molecular flexibility index (Phi) is 3.51. The molecule has 2 heterocycles. The number of carbonyl (C=O) groups is 1. The molecule has 0 aliphatic carbocycles. The van der Waals surface area contributed by atoms with Gasteiger partial charge >= 0.3 is 0 Å². The van der Waals surface area contributed by atoms with Gasteiger partial charge in [0.25, 0.3) is 5.91 Å². The zero-order valence-electron chi connectivity index (χ0n) is 12.2. The van der Waals surface area contributed by atoms with Crippen molar-refractivity contribution in [1.82, 2.24) is 9.97 Å². The maximum Gasteiger partial charge on any atom is 0.256 e. The maximum absolute atomic E-state index is 14.1. The summed E-state index contributed by atoms with van der Waals surface area (Å²) in [7, 11) is 0. The Hall–Kier alpha value is -2.87. The molecule has 22 heavy (non-hydrogen) atoms. The number of aryl methyl sites for hydroxylation is 1. The van der Waals surface area contributed by atoms with E-state index in [4.69, 9.17) is 0 Å². The molecule has 3 rings (SSSR count). The quantitative estimate of drug-likeness (QED) is 0.627. The number of H-pyrrole nitrogens is 1. The van der Waals surface area contributed by atoms with Crippen LogP contribution in [0.15, 0.2) is 18.5 Å². The average Bonchev–Trinajstić information content (AvgIpc) is 3.03. The van der Waals surface area contributed by atoms with Crippen LogP contribution in [0.2, 0.25) is 0 Å². The van der Waals surface area contributed by atoms with Crippen molar-refractivity contribution in [2.45, 2.75) is 20.3 Å². The first kappa shape index (κ1) is 14.1. The Morgan fingerprint density at radius 1 is 1.41 bits per heavy atom. The van der Waals surface area contributed by atoms with Crippen LogP contribution < -0.4 is 5.32 Å². The molecule has 0 bridgehead atoms. The predicted octanol–water partition coefficient (Wildman–Crippen LogP) is 3.11. The lowest BCUT2D eigenvalue weighted by atomic mass is 9.99. The van der Waals surface area contributed by atoms with Crippen LogP contribution in [0.1, 0.15) is 35.9 Å². The number of nitrogens with one attached hydrogen (secondary N) is 2. The fourth-order valence-corrected chi connectivity index (χ4v) is 2.35. The molecule has 0 radical (unpaired) electrons. The van der Waals surface area contributed by atoms with E-state index in [9.17, 15) is 9.18 Å². The Labute approximate surface area is 127 Å². The van der Waals surface area contributed by atoms with Gasteiger partial charge in [0, 0.05) is 17.7 Å². The van der Waals surface area contributed by atoms with Crippen LogP contribution in [-0.4, -0.2) is 15.9 Å². The summed E-state index contributed by atoms with van der Waals surface area (Å²) in [5.41, 5.74) is 3.20. The van der Waals surface area contributed by atoms with Crippen LogP contribution in [-0.2, 0) is 4.79 Å². The molecule has 2 aromatic rings. The van der Waals surface area contributed by atoms with Crippen LogP contribution in [0.3, 0.4) is 0 Å². The molecule has 0 saturated heterocycles. The Morgan fingerprint density at radius 3 is 2.91 bits per heavy atom. The third kappa shape index (κ3) is 2.29. The molecule has 0 fully saturated rings. The van der Waals surface area contributed by atoms with E-state index >= 15 is 0 Å². The number of aromatic amines is 1. The second-order valence-electron chi connectivity index (χ2n) is 4.93. The molecule has 5 heteroatoms. The average molecular weight is 295 g/mol. The Balaban J connectivity index is 2.22. The van der Waals surface area contributed by atoms with Gasteiger partial charge in [-0.3, -0.25) is 4.79 Å². The molecule has 1 aliphatic heterocycles. The Bertz CT molecular complexity index is 853. The summed E-state index contributed by atoms with van der Waals surface area (Å²) < 4.78 is 14.1. The molecule has 0 unspecified atom stereocenters. The molecule has 1 aromatic carbocycles. The van der Waals surface area contributed by atoms with Crippen molar-refractivity contribution in [3.63, 3.8) is 0 Å². The topological polar surface area (TPSA) is 57.8 Å². The Morgan fingerprint density at radius 2 is 2.23 bits per heavy atom. The van der Waals surface area contributed by atoms with Gasteiger partial charge in [-0.1, -0.05) is 18.8 Å². The standard InChI is InChI=1S/C17H14FN3O/c1-3-4-5-11-13(18)6-7-14-16(11)12(17(22)21-14)8-15-10(2)19-9-20-15/h6-9H,3H2,1-2H3,(H,19,20)(H,21,22)/b12-8-. The summed E-state index contributed by atoms with van der Waals surface area (Å²) in [5.74, 6) is 4.98. The van der Waals surface area contributed by atoms with E-state index in [0.29, 0.717) is 28.9 Å². The highest BCUT2D eigenvalue weighted by Gasteiger charge is 2.28. The van der Waals surface area contributed by atoms with E-state index in [1.54, 1.807) is 18.5 Å². The van der Waals surface area contributed by atoms with E-state index < -0.39 is 5.82 Å². The van der Waals surface area contributed by atoms with Gasteiger partial charge in [-0.15, -0.1) is 0 Å². The summed E-state index contributed by atoms with van der Waals surface area (Å²) in [5, 5.41) is 2.74. The van der Waals surface area contributed by atoms with Gasteiger partial charge in [0.05, 0.1) is 28.8 Å². The molecule has 1 aromatic heterocycles. The molecule has 1 amide bonds. The molecule has 0 spiro atoms. The maximum atomic E-state index is 14.1. The van der Waals surface area contributed by atoms with Gasteiger partial charge in [0.1, 0.15) is 5.82 Å². The minimum atomic E-state index is -0.430. The van der Waals surface area contributed by atoms with E-state index in [2.05, 4.69) is 27.1 Å².